The molecule has 0 aromatic carbocycles. The van der Waals surface area contributed by atoms with Gasteiger partial charge in [-0.3, -0.25) is 9.78 Å². The third kappa shape index (κ3) is 6.51. The molecule has 0 radical (unpaired) electrons. The van der Waals surface area contributed by atoms with E-state index in [0.29, 0.717) is 6.47 Å². The summed E-state index contributed by atoms with van der Waals surface area (Å²) in [7, 11) is 1.31. The molecule has 0 aliphatic carbocycles. The van der Waals surface area contributed by atoms with Gasteiger partial charge in [0.1, 0.15) is 0 Å². The third-order valence-corrected chi connectivity index (χ3v) is 0.943. The fraction of sp³-hybridized carbons (Fsp3) is 0.250. The first kappa shape index (κ1) is 9.62. The van der Waals surface area contributed by atoms with Gasteiger partial charge in [-0.25, -0.2) is 0 Å². The molecule has 0 amide bonds. The molecule has 0 N–H and O–H groups in total. The minimum atomic E-state index is 0.375. The van der Waals surface area contributed by atoms with E-state index in [2.05, 4.69) is 9.72 Å². The summed E-state index contributed by atoms with van der Waals surface area (Å²) in [5, 5.41) is 0. The van der Waals surface area contributed by atoms with E-state index in [4.69, 9.17) is 4.79 Å². The van der Waals surface area contributed by atoms with Crippen LogP contribution < -0.4 is 0 Å². The lowest BCUT2D eigenvalue weighted by Gasteiger charge is -1.82. The maximum atomic E-state index is 8.95. The molecule has 11 heavy (non-hydrogen) atoms. The average Bonchev–Trinajstić information content (AvgIpc) is 2.07. The van der Waals surface area contributed by atoms with Crippen LogP contribution in [0.15, 0.2) is 24.5 Å². The molecule has 0 aliphatic heterocycles. The van der Waals surface area contributed by atoms with E-state index in [1.807, 2.05) is 19.1 Å². The summed E-state index contributed by atoms with van der Waals surface area (Å²) in [6.07, 6.45) is 3.57. The van der Waals surface area contributed by atoms with E-state index in [0.717, 1.165) is 0 Å². The summed E-state index contributed by atoms with van der Waals surface area (Å²) < 4.78 is 3.86. The molecule has 1 rings (SSSR count). The fourth-order valence-electron chi connectivity index (χ4n) is 0.426. The zero-order chi connectivity index (χ0) is 8.53. The lowest BCUT2D eigenvalue weighted by atomic mass is 10.3. The van der Waals surface area contributed by atoms with Crippen LogP contribution in [0.2, 0.25) is 0 Å². The Hall–Kier alpha value is -1.38. The van der Waals surface area contributed by atoms with Crippen LogP contribution in [-0.4, -0.2) is 18.6 Å². The maximum absolute atomic E-state index is 8.95. The van der Waals surface area contributed by atoms with Crippen molar-refractivity contribution in [2.24, 2.45) is 0 Å². The number of carbonyl (C=O) groups excluding carboxylic acids is 1. The van der Waals surface area contributed by atoms with E-state index in [1.54, 1.807) is 12.4 Å². The molecule has 60 valence electrons. The van der Waals surface area contributed by atoms with E-state index in [-0.39, 0.29) is 0 Å². The topological polar surface area (TPSA) is 39.2 Å². The number of pyridine rings is 1. The largest absolute Gasteiger partial charge is 0.471 e. The first-order valence-electron chi connectivity index (χ1n) is 3.14. The maximum Gasteiger partial charge on any atom is 0.292 e. The standard InChI is InChI=1S/C6H7N.C2H4O2/c1-6-2-4-7-5-3-6;1-4-2-3/h2-5H,1H3;2H,1H3. The number of aryl methyl sites for hydroxylation is 1. The van der Waals surface area contributed by atoms with E-state index >= 15 is 0 Å². The van der Waals surface area contributed by atoms with Crippen LogP contribution in [-0.2, 0) is 9.53 Å². The summed E-state index contributed by atoms with van der Waals surface area (Å²) in [5.41, 5.74) is 1.26. The number of methoxy groups -OCH3 is 1. The second-order valence-electron chi connectivity index (χ2n) is 1.86. The Morgan fingerprint density at radius 1 is 1.45 bits per heavy atom. The van der Waals surface area contributed by atoms with Gasteiger partial charge in [0.05, 0.1) is 7.11 Å². The average molecular weight is 153 g/mol. The lowest BCUT2D eigenvalue weighted by Crippen LogP contribution is -1.68. The first-order valence-corrected chi connectivity index (χ1v) is 3.14. The Labute approximate surface area is 66.0 Å². The monoisotopic (exact) mass is 153 g/mol. The zero-order valence-electron chi connectivity index (χ0n) is 6.65. The highest BCUT2D eigenvalue weighted by atomic mass is 16.5. The number of nitrogens with zero attached hydrogens (tertiary/aromatic N) is 1. The van der Waals surface area contributed by atoms with Crippen LogP contribution in [0.1, 0.15) is 5.56 Å². The third-order valence-electron chi connectivity index (χ3n) is 0.943. The van der Waals surface area contributed by atoms with Crippen LogP contribution in [0.3, 0.4) is 0 Å². The van der Waals surface area contributed by atoms with Crippen molar-refractivity contribution in [2.75, 3.05) is 7.11 Å². The Bertz CT molecular complexity index is 187. The van der Waals surface area contributed by atoms with Crippen molar-refractivity contribution in [1.82, 2.24) is 4.98 Å². The Morgan fingerprint density at radius 3 is 2.09 bits per heavy atom. The van der Waals surface area contributed by atoms with Gasteiger partial charge in [-0.2, -0.15) is 0 Å². The number of hydrogen-bond donors (Lipinski definition) is 0. The molecule has 3 heteroatoms. The molecule has 0 fully saturated rings. The fourth-order valence-corrected chi connectivity index (χ4v) is 0.426. The molecular weight excluding hydrogens is 142 g/mol. The second kappa shape index (κ2) is 6.74. The van der Waals surface area contributed by atoms with E-state index in [9.17, 15) is 0 Å². The van der Waals surface area contributed by atoms with Crippen LogP contribution in [0.5, 0.6) is 0 Å². The molecule has 1 aromatic rings. The summed E-state index contributed by atoms with van der Waals surface area (Å²) in [4.78, 5) is 12.8. The summed E-state index contributed by atoms with van der Waals surface area (Å²) in [6, 6.07) is 3.94. The van der Waals surface area contributed by atoms with Crippen LogP contribution in [0, 0.1) is 6.92 Å². The molecule has 0 saturated heterocycles. The van der Waals surface area contributed by atoms with Crippen LogP contribution in [0.25, 0.3) is 0 Å². The van der Waals surface area contributed by atoms with Gasteiger partial charge in [0.2, 0.25) is 0 Å². The summed E-state index contributed by atoms with van der Waals surface area (Å²) >= 11 is 0. The molecular formula is C8H11NO2. The minimum absolute atomic E-state index is 0.375. The normalized spacial score (nSPS) is 7.45. The molecule has 0 atom stereocenters. The van der Waals surface area contributed by atoms with Crippen molar-refractivity contribution in [3.63, 3.8) is 0 Å². The van der Waals surface area contributed by atoms with Gasteiger partial charge in [-0.15, -0.1) is 0 Å². The molecule has 0 aliphatic rings. The Balaban J connectivity index is 0.000000218. The Morgan fingerprint density at radius 2 is 1.91 bits per heavy atom. The quantitative estimate of drug-likeness (QED) is 0.569. The van der Waals surface area contributed by atoms with Crippen molar-refractivity contribution in [3.05, 3.63) is 30.1 Å². The molecule has 1 heterocycles. The predicted molar refractivity (Wildman–Crippen MR) is 42.0 cm³/mol. The van der Waals surface area contributed by atoms with Gasteiger partial charge in [0, 0.05) is 12.4 Å². The number of aromatic nitrogens is 1. The highest BCUT2D eigenvalue weighted by Gasteiger charge is 1.72. The smallest absolute Gasteiger partial charge is 0.292 e. The number of carbonyl (C=O) groups is 1. The van der Waals surface area contributed by atoms with Crippen molar-refractivity contribution < 1.29 is 9.53 Å². The van der Waals surface area contributed by atoms with Crippen LogP contribution in [0.4, 0.5) is 0 Å². The Kier molecular flexibility index (Phi) is 5.89. The van der Waals surface area contributed by atoms with Gasteiger partial charge >= 0.3 is 0 Å². The van der Waals surface area contributed by atoms with Crippen molar-refractivity contribution in [2.45, 2.75) is 6.92 Å². The van der Waals surface area contributed by atoms with Crippen molar-refractivity contribution >= 4 is 6.47 Å². The van der Waals surface area contributed by atoms with Gasteiger partial charge in [-0.05, 0) is 24.6 Å². The first-order chi connectivity index (χ1) is 5.31. The number of ether oxygens (including phenoxy) is 1. The van der Waals surface area contributed by atoms with Crippen molar-refractivity contribution in [3.8, 4) is 0 Å². The second-order valence-corrected chi connectivity index (χ2v) is 1.86. The van der Waals surface area contributed by atoms with Gasteiger partial charge in [0.15, 0.2) is 0 Å². The zero-order valence-corrected chi connectivity index (χ0v) is 6.65. The van der Waals surface area contributed by atoms with E-state index < -0.39 is 0 Å². The molecule has 0 saturated carbocycles. The lowest BCUT2D eigenvalue weighted by molar-refractivity contribution is -0.126. The van der Waals surface area contributed by atoms with Gasteiger partial charge in [0.25, 0.3) is 6.47 Å². The molecule has 0 spiro atoms. The molecule has 0 bridgehead atoms. The van der Waals surface area contributed by atoms with E-state index in [1.165, 1.54) is 12.7 Å². The number of hydrogen-bond acceptors (Lipinski definition) is 3. The highest BCUT2D eigenvalue weighted by Crippen LogP contribution is 1.88. The van der Waals surface area contributed by atoms with Gasteiger partial charge < -0.3 is 4.74 Å². The van der Waals surface area contributed by atoms with Crippen LogP contribution >= 0.6 is 0 Å². The highest BCUT2D eigenvalue weighted by molar-refractivity contribution is 5.36. The SMILES string of the molecule is COC=O.Cc1ccncc1. The summed E-state index contributed by atoms with van der Waals surface area (Å²) in [6.45, 7) is 2.42. The van der Waals surface area contributed by atoms with Crippen molar-refractivity contribution in [1.29, 1.82) is 0 Å². The number of rotatable bonds is 1. The van der Waals surface area contributed by atoms with Gasteiger partial charge in [-0.1, -0.05) is 0 Å². The minimum Gasteiger partial charge on any atom is -0.471 e. The predicted octanol–water partition coefficient (Wildman–Crippen LogP) is 1.18. The molecule has 3 nitrogen and oxygen atoms in total. The molecule has 1 aromatic heterocycles. The summed E-state index contributed by atoms with van der Waals surface area (Å²) in [5.74, 6) is 0. The molecule has 0 unspecified atom stereocenters.